The number of halogens is 1. The average Bonchev–Trinajstić information content (AvgIpc) is 3.00. The summed E-state index contributed by atoms with van der Waals surface area (Å²) in [5, 5.41) is 4.05. The Balaban J connectivity index is 1.62. The molecule has 0 unspecified atom stereocenters. The molecule has 1 aliphatic rings. The highest BCUT2D eigenvalue weighted by Gasteiger charge is 2.26. The summed E-state index contributed by atoms with van der Waals surface area (Å²) >= 11 is 0. The molecule has 0 aliphatic carbocycles. The first kappa shape index (κ1) is 15.7. The van der Waals surface area contributed by atoms with Gasteiger partial charge < -0.3 is 4.90 Å². The topological polar surface area (TPSA) is 41.4 Å². The molecule has 2 aromatic rings. The van der Waals surface area contributed by atoms with Gasteiger partial charge in [-0.25, -0.2) is 4.39 Å². The number of piperazine rings is 1. The highest BCUT2D eigenvalue weighted by molar-refractivity contribution is 5.92. The number of aryl methyl sites for hydroxylation is 1. The van der Waals surface area contributed by atoms with Crippen LogP contribution in [0.15, 0.2) is 36.5 Å². The molecule has 0 saturated carbocycles. The predicted molar refractivity (Wildman–Crippen MR) is 85.5 cm³/mol. The van der Waals surface area contributed by atoms with E-state index in [9.17, 15) is 9.18 Å². The van der Waals surface area contributed by atoms with E-state index in [1.165, 1.54) is 6.07 Å². The van der Waals surface area contributed by atoms with Gasteiger partial charge in [0, 0.05) is 45.5 Å². The second-order valence-electron chi connectivity index (χ2n) is 5.90. The molecule has 23 heavy (non-hydrogen) atoms. The standard InChI is InChI=1S/C17H21FN4O/c1-13(14-4-3-5-15(18)12-14)21-8-10-22(11-9-21)17(23)16-6-7-19-20(16)2/h3-7,12-13H,8-11H2,1-2H3/t13-/m0/s1. The number of amides is 1. The summed E-state index contributed by atoms with van der Waals surface area (Å²) < 4.78 is 15.0. The normalized spacial score (nSPS) is 17.3. The first-order valence-corrected chi connectivity index (χ1v) is 7.83. The third kappa shape index (κ3) is 3.27. The van der Waals surface area contributed by atoms with Crippen LogP contribution in [0.1, 0.15) is 29.0 Å². The van der Waals surface area contributed by atoms with Gasteiger partial charge >= 0.3 is 0 Å². The van der Waals surface area contributed by atoms with Gasteiger partial charge in [-0.2, -0.15) is 5.10 Å². The van der Waals surface area contributed by atoms with Crippen LogP contribution >= 0.6 is 0 Å². The van der Waals surface area contributed by atoms with E-state index >= 15 is 0 Å². The maximum atomic E-state index is 13.4. The van der Waals surface area contributed by atoms with Crippen LogP contribution in [-0.4, -0.2) is 51.7 Å². The summed E-state index contributed by atoms with van der Waals surface area (Å²) in [6.45, 7) is 4.98. The van der Waals surface area contributed by atoms with Crippen molar-refractivity contribution in [3.63, 3.8) is 0 Å². The first-order chi connectivity index (χ1) is 11.1. The van der Waals surface area contributed by atoms with Crippen LogP contribution in [0.2, 0.25) is 0 Å². The lowest BCUT2D eigenvalue weighted by Crippen LogP contribution is -2.49. The largest absolute Gasteiger partial charge is 0.335 e. The van der Waals surface area contributed by atoms with Gasteiger partial charge in [-0.15, -0.1) is 0 Å². The second-order valence-corrected chi connectivity index (χ2v) is 5.90. The number of benzene rings is 1. The number of carbonyl (C=O) groups excluding carboxylic acids is 1. The molecule has 6 heteroatoms. The fraction of sp³-hybridized carbons (Fsp3) is 0.412. The van der Waals surface area contributed by atoms with E-state index in [0.717, 1.165) is 18.7 Å². The van der Waals surface area contributed by atoms with Gasteiger partial charge in [-0.3, -0.25) is 14.4 Å². The molecule has 1 aliphatic heterocycles. The van der Waals surface area contributed by atoms with Crippen LogP contribution in [-0.2, 0) is 7.05 Å². The molecule has 3 rings (SSSR count). The van der Waals surface area contributed by atoms with Crippen LogP contribution in [0.25, 0.3) is 0 Å². The number of carbonyl (C=O) groups is 1. The molecule has 1 saturated heterocycles. The predicted octanol–water partition coefficient (Wildman–Crippen LogP) is 2.08. The van der Waals surface area contributed by atoms with Crippen LogP contribution in [0.3, 0.4) is 0 Å². The number of nitrogens with zero attached hydrogens (tertiary/aromatic N) is 4. The molecular weight excluding hydrogens is 295 g/mol. The summed E-state index contributed by atoms with van der Waals surface area (Å²) in [6.07, 6.45) is 1.63. The van der Waals surface area contributed by atoms with Crippen molar-refractivity contribution in [1.82, 2.24) is 19.6 Å². The molecule has 1 fully saturated rings. The summed E-state index contributed by atoms with van der Waals surface area (Å²) in [5.74, 6) is -0.192. The number of hydrogen-bond donors (Lipinski definition) is 0. The number of hydrogen-bond acceptors (Lipinski definition) is 3. The number of aromatic nitrogens is 2. The Morgan fingerprint density at radius 2 is 1.96 bits per heavy atom. The Morgan fingerprint density at radius 3 is 2.57 bits per heavy atom. The SMILES string of the molecule is C[C@@H](c1cccc(F)c1)N1CCN(C(=O)c2ccnn2C)CC1. The van der Waals surface area contributed by atoms with Crippen molar-refractivity contribution in [2.75, 3.05) is 26.2 Å². The van der Waals surface area contributed by atoms with Crippen LogP contribution in [0.4, 0.5) is 4.39 Å². The van der Waals surface area contributed by atoms with E-state index in [-0.39, 0.29) is 17.8 Å². The molecule has 0 spiro atoms. The molecular formula is C17H21FN4O. The zero-order chi connectivity index (χ0) is 16.4. The average molecular weight is 316 g/mol. The minimum Gasteiger partial charge on any atom is -0.335 e. The van der Waals surface area contributed by atoms with E-state index in [1.54, 1.807) is 36.1 Å². The van der Waals surface area contributed by atoms with Crippen molar-refractivity contribution >= 4 is 5.91 Å². The van der Waals surface area contributed by atoms with Gasteiger partial charge in [-0.1, -0.05) is 12.1 Å². The van der Waals surface area contributed by atoms with E-state index in [4.69, 9.17) is 0 Å². The third-order valence-corrected chi connectivity index (χ3v) is 4.52. The molecule has 5 nitrogen and oxygen atoms in total. The molecule has 1 aromatic heterocycles. The minimum atomic E-state index is -0.209. The molecule has 0 N–H and O–H groups in total. The quantitative estimate of drug-likeness (QED) is 0.870. The zero-order valence-electron chi connectivity index (χ0n) is 13.4. The Morgan fingerprint density at radius 1 is 1.22 bits per heavy atom. The molecule has 1 aromatic carbocycles. The zero-order valence-corrected chi connectivity index (χ0v) is 13.4. The summed E-state index contributed by atoms with van der Waals surface area (Å²) in [4.78, 5) is 16.6. The Hall–Kier alpha value is -2.21. The van der Waals surface area contributed by atoms with Crippen molar-refractivity contribution in [3.8, 4) is 0 Å². The van der Waals surface area contributed by atoms with Crippen molar-refractivity contribution in [1.29, 1.82) is 0 Å². The van der Waals surface area contributed by atoms with Crippen LogP contribution < -0.4 is 0 Å². The lowest BCUT2D eigenvalue weighted by atomic mass is 10.1. The smallest absolute Gasteiger partial charge is 0.272 e. The molecule has 122 valence electrons. The molecule has 1 atom stereocenters. The molecule has 0 radical (unpaired) electrons. The fourth-order valence-corrected chi connectivity index (χ4v) is 3.04. The van der Waals surface area contributed by atoms with Crippen molar-refractivity contribution < 1.29 is 9.18 Å². The lowest BCUT2D eigenvalue weighted by molar-refractivity contribution is 0.0572. The van der Waals surface area contributed by atoms with Crippen LogP contribution in [0.5, 0.6) is 0 Å². The highest BCUT2D eigenvalue weighted by atomic mass is 19.1. The van der Waals surface area contributed by atoms with Crippen LogP contribution in [0, 0.1) is 5.82 Å². The minimum absolute atomic E-state index is 0.0167. The Labute approximate surface area is 135 Å². The summed E-state index contributed by atoms with van der Waals surface area (Å²) in [5.41, 5.74) is 1.58. The maximum absolute atomic E-state index is 13.4. The third-order valence-electron chi connectivity index (χ3n) is 4.52. The van der Waals surface area contributed by atoms with E-state index in [0.29, 0.717) is 18.8 Å². The fourth-order valence-electron chi connectivity index (χ4n) is 3.04. The molecule has 0 bridgehead atoms. The van der Waals surface area contributed by atoms with Gasteiger partial charge in [-0.05, 0) is 30.7 Å². The van der Waals surface area contributed by atoms with Crippen molar-refractivity contribution in [2.24, 2.45) is 7.05 Å². The van der Waals surface area contributed by atoms with Gasteiger partial charge in [0.2, 0.25) is 0 Å². The van der Waals surface area contributed by atoms with E-state index in [1.807, 2.05) is 11.0 Å². The Kier molecular flexibility index (Phi) is 4.43. The van der Waals surface area contributed by atoms with E-state index in [2.05, 4.69) is 16.9 Å². The van der Waals surface area contributed by atoms with Gasteiger partial charge in [0.05, 0.1) is 0 Å². The first-order valence-electron chi connectivity index (χ1n) is 7.83. The second kappa shape index (κ2) is 6.50. The van der Waals surface area contributed by atoms with Crippen molar-refractivity contribution in [2.45, 2.75) is 13.0 Å². The van der Waals surface area contributed by atoms with Gasteiger partial charge in [0.1, 0.15) is 11.5 Å². The van der Waals surface area contributed by atoms with E-state index < -0.39 is 0 Å². The Bertz CT molecular complexity index is 691. The monoisotopic (exact) mass is 316 g/mol. The lowest BCUT2D eigenvalue weighted by Gasteiger charge is -2.38. The van der Waals surface area contributed by atoms with Crippen molar-refractivity contribution in [3.05, 3.63) is 53.6 Å². The molecule has 1 amide bonds. The maximum Gasteiger partial charge on any atom is 0.272 e. The highest BCUT2D eigenvalue weighted by Crippen LogP contribution is 2.22. The van der Waals surface area contributed by atoms with Gasteiger partial charge in [0.25, 0.3) is 5.91 Å². The summed E-state index contributed by atoms with van der Waals surface area (Å²) in [6, 6.07) is 8.60. The summed E-state index contributed by atoms with van der Waals surface area (Å²) in [7, 11) is 1.77. The molecule has 2 heterocycles. The van der Waals surface area contributed by atoms with Gasteiger partial charge in [0.15, 0.2) is 0 Å². The number of rotatable bonds is 3.